The SMILES string of the molecule is Cc1cc(C(=O)N2CCCN(C)c3nc4ccccc4nc32)no1. The molecule has 0 aliphatic carbocycles. The lowest BCUT2D eigenvalue weighted by Crippen LogP contribution is -2.32. The van der Waals surface area contributed by atoms with Crippen LogP contribution in [0.3, 0.4) is 0 Å². The van der Waals surface area contributed by atoms with Gasteiger partial charge in [-0.1, -0.05) is 17.3 Å². The highest BCUT2D eigenvalue weighted by atomic mass is 16.5. The van der Waals surface area contributed by atoms with Crippen LogP contribution in [0.2, 0.25) is 0 Å². The molecule has 3 aromatic rings. The lowest BCUT2D eigenvalue weighted by molar-refractivity contribution is 0.0978. The molecule has 0 atom stereocenters. The van der Waals surface area contributed by atoms with Crippen LogP contribution >= 0.6 is 0 Å². The molecule has 0 unspecified atom stereocenters. The van der Waals surface area contributed by atoms with Crippen molar-refractivity contribution < 1.29 is 9.32 Å². The van der Waals surface area contributed by atoms with Crippen molar-refractivity contribution in [3.63, 3.8) is 0 Å². The molecule has 7 heteroatoms. The number of anilines is 2. The highest BCUT2D eigenvalue weighted by molar-refractivity contribution is 6.06. The zero-order chi connectivity index (χ0) is 16.7. The van der Waals surface area contributed by atoms with Crippen LogP contribution in [-0.2, 0) is 0 Å². The van der Waals surface area contributed by atoms with Crippen molar-refractivity contribution in [2.24, 2.45) is 0 Å². The molecule has 0 spiro atoms. The fourth-order valence-electron chi connectivity index (χ4n) is 2.90. The molecule has 3 heterocycles. The molecule has 7 nitrogen and oxygen atoms in total. The van der Waals surface area contributed by atoms with Gasteiger partial charge in [-0.15, -0.1) is 0 Å². The van der Waals surface area contributed by atoms with E-state index in [2.05, 4.69) is 5.16 Å². The molecule has 0 bridgehead atoms. The third kappa shape index (κ3) is 2.38. The van der Waals surface area contributed by atoms with Crippen molar-refractivity contribution in [2.45, 2.75) is 13.3 Å². The first kappa shape index (κ1) is 14.6. The second-order valence-corrected chi connectivity index (χ2v) is 5.91. The predicted molar refractivity (Wildman–Crippen MR) is 90.3 cm³/mol. The Bertz CT molecular complexity index is 920. The summed E-state index contributed by atoms with van der Waals surface area (Å²) in [6, 6.07) is 9.31. The zero-order valence-electron chi connectivity index (χ0n) is 13.6. The van der Waals surface area contributed by atoms with Crippen molar-refractivity contribution in [3.8, 4) is 0 Å². The Hall–Kier alpha value is -2.96. The van der Waals surface area contributed by atoms with Crippen LogP contribution in [0.4, 0.5) is 11.6 Å². The molecule has 0 radical (unpaired) electrons. The number of fused-ring (bicyclic) bond motifs is 2. The summed E-state index contributed by atoms with van der Waals surface area (Å²) in [5.74, 6) is 1.67. The summed E-state index contributed by atoms with van der Waals surface area (Å²) in [7, 11) is 1.97. The second-order valence-electron chi connectivity index (χ2n) is 5.91. The van der Waals surface area contributed by atoms with E-state index in [4.69, 9.17) is 14.5 Å². The molecule has 1 aliphatic rings. The van der Waals surface area contributed by atoms with Gasteiger partial charge in [0.2, 0.25) is 0 Å². The predicted octanol–water partition coefficient (Wildman–Crippen LogP) is 2.41. The lowest BCUT2D eigenvalue weighted by Gasteiger charge is -2.22. The van der Waals surface area contributed by atoms with Gasteiger partial charge >= 0.3 is 0 Å². The number of para-hydroxylation sites is 2. The molecule has 1 aromatic carbocycles. The molecule has 0 fully saturated rings. The zero-order valence-corrected chi connectivity index (χ0v) is 13.6. The van der Waals surface area contributed by atoms with Crippen LogP contribution in [0.5, 0.6) is 0 Å². The van der Waals surface area contributed by atoms with Gasteiger partial charge in [-0.2, -0.15) is 0 Å². The van der Waals surface area contributed by atoms with Crippen molar-refractivity contribution in [1.29, 1.82) is 0 Å². The van der Waals surface area contributed by atoms with Gasteiger partial charge in [0, 0.05) is 26.2 Å². The van der Waals surface area contributed by atoms with Crippen LogP contribution < -0.4 is 9.80 Å². The Balaban J connectivity index is 1.86. The summed E-state index contributed by atoms with van der Waals surface area (Å²) >= 11 is 0. The third-order valence-electron chi connectivity index (χ3n) is 4.12. The molecular weight excluding hydrogens is 306 g/mol. The largest absolute Gasteiger partial charge is 0.361 e. The molecule has 1 aliphatic heterocycles. The first-order chi connectivity index (χ1) is 11.6. The van der Waals surface area contributed by atoms with E-state index in [1.807, 2.05) is 36.2 Å². The van der Waals surface area contributed by atoms with Gasteiger partial charge in [0.1, 0.15) is 5.76 Å². The summed E-state index contributed by atoms with van der Waals surface area (Å²) in [6.45, 7) is 3.14. The fraction of sp³-hybridized carbons (Fsp3) is 0.294. The summed E-state index contributed by atoms with van der Waals surface area (Å²) in [6.07, 6.45) is 0.827. The minimum Gasteiger partial charge on any atom is -0.361 e. The number of benzene rings is 1. The van der Waals surface area contributed by atoms with Crippen LogP contribution in [0, 0.1) is 6.92 Å². The Morgan fingerprint density at radius 1 is 1.12 bits per heavy atom. The standard InChI is InChI=1S/C17H17N5O2/c1-11-10-14(20-24-11)17(23)22-9-5-8-21(2)15-16(22)19-13-7-4-3-6-12(13)18-15/h3-4,6-7,10H,5,8-9H2,1-2H3. The van der Waals surface area contributed by atoms with Gasteiger partial charge in [0.05, 0.1) is 11.0 Å². The highest BCUT2D eigenvalue weighted by Crippen LogP contribution is 2.31. The summed E-state index contributed by atoms with van der Waals surface area (Å²) in [5.41, 5.74) is 1.87. The van der Waals surface area contributed by atoms with E-state index in [1.165, 1.54) is 0 Å². The van der Waals surface area contributed by atoms with Gasteiger partial charge in [-0.3, -0.25) is 9.69 Å². The monoisotopic (exact) mass is 323 g/mol. The van der Waals surface area contributed by atoms with E-state index in [9.17, 15) is 4.79 Å². The summed E-state index contributed by atoms with van der Waals surface area (Å²) in [5, 5.41) is 3.85. The normalized spacial score (nSPS) is 14.6. The number of rotatable bonds is 1. The Kier molecular flexibility index (Phi) is 3.41. The van der Waals surface area contributed by atoms with E-state index in [1.54, 1.807) is 17.9 Å². The number of amides is 1. The first-order valence-corrected chi connectivity index (χ1v) is 7.86. The smallest absolute Gasteiger partial charge is 0.281 e. The molecular formula is C17H17N5O2. The van der Waals surface area contributed by atoms with Crippen molar-refractivity contribution in [2.75, 3.05) is 29.9 Å². The van der Waals surface area contributed by atoms with Gasteiger partial charge in [-0.05, 0) is 25.5 Å². The number of carbonyl (C=O) groups is 1. The maximum absolute atomic E-state index is 12.9. The van der Waals surface area contributed by atoms with E-state index < -0.39 is 0 Å². The van der Waals surface area contributed by atoms with Crippen LogP contribution in [0.25, 0.3) is 11.0 Å². The van der Waals surface area contributed by atoms with E-state index >= 15 is 0 Å². The Labute approximate surface area is 138 Å². The molecule has 2 aromatic heterocycles. The molecule has 122 valence electrons. The van der Waals surface area contributed by atoms with E-state index in [0.717, 1.165) is 24.0 Å². The van der Waals surface area contributed by atoms with Crippen LogP contribution in [0.1, 0.15) is 22.7 Å². The topological polar surface area (TPSA) is 75.4 Å². The second kappa shape index (κ2) is 5.59. The average Bonchev–Trinajstić information content (AvgIpc) is 2.96. The maximum Gasteiger partial charge on any atom is 0.281 e. The third-order valence-corrected chi connectivity index (χ3v) is 4.12. The Morgan fingerprint density at radius 2 is 1.83 bits per heavy atom. The number of aryl methyl sites for hydroxylation is 1. The number of carbonyl (C=O) groups excluding carboxylic acids is 1. The van der Waals surface area contributed by atoms with E-state index in [-0.39, 0.29) is 11.6 Å². The number of hydrogen-bond acceptors (Lipinski definition) is 6. The summed E-state index contributed by atoms with van der Waals surface area (Å²) in [4.78, 5) is 26.0. The molecule has 0 saturated heterocycles. The quantitative estimate of drug-likeness (QED) is 0.684. The maximum atomic E-state index is 12.9. The van der Waals surface area contributed by atoms with Gasteiger partial charge in [-0.25, -0.2) is 9.97 Å². The fourth-order valence-corrected chi connectivity index (χ4v) is 2.90. The Morgan fingerprint density at radius 3 is 2.50 bits per heavy atom. The molecule has 24 heavy (non-hydrogen) atoms. The molecule has 0 saturated carbocycles. The minimum atomic E-state index is -0.215. The highest BCUT2D eigenvalue weighted by Gasteiger charge is 2.29. The lowest BCUT2D eigenvalue weighted by atomic mass is 10.3. The first-order valence-electron chi connectivity index (χ1n) is 7.86. The van der Waals surface area contributed by atoms with Crippen molar-refractivity contribution in [1.82, 2.24) is 15.1 Å². The number of hydrogen-bond donors (Lipinski definition) is 0. The molecule has 4 rings (SSSR count). The van der Waals surface area contributed by atoms with Gasteiger partial charge in [0.25, 0.3) is 5.91 Å². The van der Waals surface area contributed by atoms with Gasteiger partial charge < -0.3 is 9.42 Å². The minimum absolute atomic E-state index is 0.215. The van der Waals surface area contributed by atoms with Crippen molar-refractivity contribution >= 4 is 28.6 Å². The average molecular weight is 323 g/mol. The van der Waals surface area contributed by atoms with Crippen LogP contribution in [0.15, 0.2) is 34.9 Å². The van der Waals surface area contributed by atoms with Gasteiger partial charge in [0.15, 0.2) is 17.3 Å². The number of aromatic nitrogens is 3. The summed E-state index contributed by atoms with van der Waals surface area (Å²) < 4.78 is 5.04. The number of nitrogens with zero attached hydrogens (tertiary/aromatic N) is 5. The molecule has 1 amide bonds. The van der Waals surface area contributed by atoms with Crippen molar-refractivity contribution in [3.05, 3.63) is 41.8 Å². The molecule has 0 N–H and O–H groups in total. The van der Waals surface area contributed by atoms with Crippen LogP contribution in [-0.4, -0.2) is 41.2 Å². The van der Waals surface area contributed by atoms with E-state index in [0.29, 0.717) is 23.9 Å².